The number of hydrogen-bond acceptors (Lipinski definition) is 0. The van der Waals surface area contributed by atoms with Crippen LogP contribution in [-0.4, -0.2) is 0 Å². The minimum absolute atomic E-state index is 0.194. The van der Waals surface area contributed by atoms with Crippen LogP contribution >= 0.6 is 15.9 Å². The van der Waals surface area contributed by atoms with Crippen molar-refractivity contribution >= 4 is 15.9 Å². The molecule has 0 nitrogen and oxygen atoms in total. The molecule has 2 aliphatic carbocycles. The second-order valence-electron chi connectivity index (χ2n) is 5.38. The van der Waals surface area contributed by atoms with Crippen molar-refractivity contribution in [3.63, 3.8) is 0 Å². The van der Waals surface area contributed by atoms with Crippen LogP contribution in [0, 0.1) is 35.2 Å². The van der Waals surface area contributed by atoms with Crippen molar-refractivity contribution in [2.45, 2.75) is 30.5 Å². The molecule has 2 saturated carbocycles. The predicted octanol–water partition coefficient (Wildman–Crippen LogP) is 4.98. The Hall–Kier alpha value is -0.510. The predicted molar refractivity (Wildman–Crippen MR) is 66.9 cm³/mol. The maximum atomic E-state index is 13.7. The molecule has 0 saturated heterocycles. The standard InChI is InChI=1S/C14H14BrF3/c15-14(13-7-3-1-2-4-8(7)13)9-5-11(17)12(18)6-10(9)16/h5-8,13-14H,1-4H2. The third kappa shape index (κ3) is 1.98. The van der Waals surface area contributed by atoms with Gasteiger partial charge >= 0.3 is 0 Å². The summed E-state index contributed by atoms with van der Waals surface area (Å²) < 4.78 is 39.8. The van der Waals surface area contributed by atoms with Crippen molar-refractivity contribution in [2.75, 3.05) is 0 Å². The molecule has 2 aliphatic rings. The van der Waals surface area contributed by atoms with E-state index in [0.717, 1.165) is 6.07 Å². The van der Waals surface area contributed by atoms with E-state index in [-0.39, 0.29) is 10.4 Å². The maximum Gasteiger partial charge on any atom is 0.161 e. The van der Waals surface area contributed by atoms with Crippen molar-refractivity contribution in [1.82, 2.24) is 0 Å². The molecule has 0 bridgehead atoms. The lowest BCUT2D eigenvalue weighted by atomic mass is 10.0. The van der Waals surface area contributed by atoms with Gasteiger partial charge in [0.15, 0.2) is 11.6 Å². The van der Waals surface area contributed by atoms with Crippen LogP contribution < -0.4 is 0 Å². The number of hydrogen-bond donors (Lipinski definition) is 0. The molecule has 0 radical (unpaired) electrons. The zero-order valence-electron chi connectivity index (χ0n) is 9.80. The van der Waals surface area contributed by atoms with E-state index in [0.29, 0.717) is 23.8 Å². The molecule has 0 heterocycles. The van der Waals surface area contributed by atoms with Gasteiger partial charge in [-0.15, -0.1) is 0 Å². The SMILES string of the molecule is Fc1cc(F)c(C(Br)C2C3CCCCC32)cc1F. The quantitative estimate of drug-likeness (QED) is 0.533. The van der Waals surface area contributed by atoms with Crippen LogP contribution in [0.2, 0.25) is 0 Å². The van der Waals surface area contributed by atoms with Crippen LogP contribution in [0.15, 0.2) is 12.1 Å². The number of benzene rings is 1. The van der Waals surface area contributed by atoms with E-state index in [4.69, 9.17) is 0 Å². The summed E-state index contributed by atoms with van der Waals surface area (Å²) in [6, 6.07) is 1.64. The van der Waals surface area contributed by atoms with E-state index in [1.807, 2.05) is 0 Å². The molecule has 98 valence electrons. The Morgan fingerprint density at radius 2 is 1.50 bits per heavy atom. The van der Waals surface area contributed by atoms with Crippen molar-refractivity contribution < 1.29 is 13.2 Å². The lowest BCUT2D eigenvalue weighted by Gasteiger charge is -2.11. The first-order valence-electron chi connectivity index (χ1n) is 6.38. The lowest BCUT2D eigenvalue weighted by Crippen LogP contribution is -2.01. The van der Waals surface area contributed by atoms with E-state index in [2.05, 4.69) is 15.9 Å². The minimum Gasteiger partial charge on any atom is -0.207 e. The highest BCUT2D eigenvalue weighted by atomic mass is 79.9. The average Bonchev–Trinajstić information content (AvgIpc) is 3.07. The fourth-order valence-corrected chi connectivity index (χ4v) is 4.57. The molecule has 0 aromatic heterocycles. The molecule has 0 aliphatic heterocycles. The van der Waals surface area contributed by atoms with Crippen molar-refractivity contribution in [3.8, 4) is 0 Å². The highest BCUT2D eigenvalue weighted by molar-refractivity contribution is 9.09. The Balaban J connectivity index is 1.85. The Labute approximate surface area is 113 Å². The van der Waals surface area contributed by atoms with Crippen LogP contribution in [0.5, 0.6) is 0 Å². The molecule has 0 amide bonds. The number of fused-ring (bicyclic) bond motifs is 1. The molecule has 4 heteroatoms. The zero-order chi connectivity index (χ0) is 12.9. The largest absolute Gasteiger partial charge is 0.207 e. The first-order chi connectivity index (χ1) is 8.59. The topological polar surface area (TPSA) is 0 Å². The fourth-order valence-electron chi connectivity index (χ4n) is 3.44. The van der Waals surface area contributed by atoms with E-state index in [9.17, 15) is 13.2 Å². The highest BCUT2D eigenvalue weighted by Gasteiger charge is 2.54. The monoisotopic (exact) mass is 318 g/mol. The summed E-state index contributed by atoms with van der Waals surface area (Å²) in [6.07, 6.45) is 4.83. The second-order valence-corrected chi connectivity index (χ2v) is 6.37. The first kappa shape index (κ1) is 12.5. The van der Waals surface area contributed by atoms with Gasteiger partial charge in [-0.25, -0.2) is 13.2 Å². The lowest BCUT2D eigenvalue weighted by molar-refractivity contribution is 0.480. The smallest absolute Gasteiger partial charge is 0.161 e. The Morgan fingerprint density at radius 3 is 2.11 bits per heavy atom. The van der Waals surface area contributed by atoms with Gasteiger partial charge in [-0.3, -0.25) is 0 Å². The van der Waals surface area contributed by atoms with Gasteiger partial charge in [-0.05, 0) is 36.7 Å². The number of rotatable bonds is 2. The van der Waals surface area contributed by atoms with Gasteiger partial charge in [0.1, 0.15) is 5.82 Å². The number of alkyl halides is 1. The van der Waals surface area contributed by atoms with E-state index in [1.165, 1.54) is 25.7 Å². The summed E-state index contributed by atoms with van der Waals surface area (Å²) in [7, 11) is 0. The second kappa shape index (κ2) is 4.55. The number of halogens is 4. The van der Waals surface area contributed by atoms with Crippen molar-refractivity contribution in [3.05, 3.63) is 35.1 Å². The maximum absolute atomic E-state index is 13.7. The molecule has 1 aromatic carbocycles. The van der Waals surface area contributed by atoms with Gasteiger partial charge in [0, 0.05) is 16.5 Å². The normalized spacial score (nSPS) is 31.9. The Morgan fingerprint density at radius 1 is 0.944 bits per heavy atom. The van der Waals surface area contributed by atoms with Crippen LogP contribution in [0.3, 0.4) is 0 Å². The van der Waals surface area contributed by atoms with Gasteiger partial charge in [-0.1, -0.05) is 28.8 Å². The zero-order valence-corrected chi connectivity index (χ0v) is 11.4. The van der Waals surface area contributed by atoms with Crippen molar-refractivity contribution in [1.29, 1.82) is 0 Å². The summed E-state index contributed by atoms with van der Waals surface area (Å²) in [5, 5.41) is 0. The van der Waals surface area contributed by atoms with Gasteiger partial charge < -0.3 is 0 Å². The first-order valence-corrected chi connectivity index (χ1v) is 7.29. The molecule has 3 unspecified atom stereocenters. The van der Waals surface area contributed by atoms with Crippen molar-refractivity contribution in [2.24, 2.45) is 17.8 Å². The van der Waals surface area contributed by atoms with Gasteiger partial charge in [0.25, 0.3) is 0 Å². The van der Waals surface area contributed by atoms with Gasteiger partial charge in [-0.2, -0.15) is 0 Å². The Bertz CT molecular complexity index is 462. The molecule has 3 rings (SSSR count). The molecule has 18 heavy (non-hydrogen) atoms. The molecule has 1 aromatic rings. The van der Waals surface area contributed by atoms with Crippen LogP contribution in [0.1, 0.15) is 36.1 Å². The van der Waals surface area contributed by atoms with Crippen LogP contribution in [0.25, 0.3) is 0 Å². The third-order valence-corrected chi connectivity index (χ3v) is 5.50. The molecule has 3 atom stereocenters. The Kier molecular flexibility index (Phi) is 3.16. The van der Waals surface area contributed by atoms with E-state index in [1.54, 1.807) is 0 Å². The highest BCUT2D eigenvalue weighted by Crippen LogP contribution is 2.62. The van der Waals surface area contributed by atoms with Crippen LogP contribution in [-0.2, 0) is 0 Å². The molecule has 2 fully saturated rings. The van der Waals surface area contributed by atoms with Gasteiger partial charge in [0.05, 0.1) is 0 Å². The molecular formula is C14H14BrF3. The molecule has 0 spiro atoms. The molecule has 0 N–H and O–H groups in total. The molecular weight excluding hydrogens is 305 g/mol. The average molecular weight is 319 g/mol. The summed E-state index contributed by atoms with van der Waals surface area (Å²) in [5.74, 6) is -1.10. The minimum atomic E-state index is -1.12. The van der Waals surface area contributed by atoms with E-state index >= 15 is 0 Å². The summed E-state index contributed by atoms with van der Waals surface area (Å²) in [6.45, 7) is 0. The summed E-state index contributed by atoms with van der Waals surface area (Å²) in [4.78, 5) is -0.194. The van der Waals surface area contributed by atoms with Crippen LogP contribution in [0.4, 0.5) is 13.2 Å². The van der Waals surface area contributed by atoms with E-state index < -0.39 is 17.5 Å². The summed E-state index contributed by atoms with van der Waals surface area (Å²) in [5.41, 5.74) is 0.258. The van der Waals surface area contributed by atoms with Gasteiger partial charge in [0.2, 0.25) is 0 Å². The summed E-state index contributed by atoms with van der Waals surface area (Å²) >= 11 is 3.48. The fraction of sp³-hybridized carbons (Fsp3) is 0.571. The third-order valence-electron chi connectivity index (χ3n) is 4.40.